The molecule has 0 aliphatic heterocycles. The number of anilines is 1. The van der Waals surface area contributed by atoms with E-state index in [2.05, 4.69) is 35.3 Å². The second kappa shape index (κ2) is 5.43. The van der Waals surface area contributed by atoms with Crippen molar-refractivity contribution in [2.45, 2.75) is 20.0 Å². The zero-order valence-corrected chi connectivity index (χ0v) is 10.3. The van der Waals surface area contributed by atoms with Crippen molar-refractivity contribution < 1.29 is 4.74 Å². The number of rotatable bonds is 5. The first-order chi connectivity index (χ1) is 8.33. The van der Waals surface area contributed by atoms with E-state index >= 15 is 0 Å². The van der Waals surface area contributed by atoms with Gasteiger partial charge in [-0.05, 0) is 30.7 Å². The summed E-state index contributed by atoms with van der Waals surface area (Å²) in [6.07, 6.45) is 4.25. The summed E-state index contributed by atoms with van der Waals surface area (Å²) in [5.41, 5.74) is 2.30. The molecular weight excluding hydrogens is 212 g/mol. The van der Waals surface area contributed by atoms with Crippen molar-refractivity contribution in [3.63, 3.8) is 0 Å². The Balaban J connectivity index is 2.01. The second-order valence-electron chi connectivity index (χ2n) is 3.90. The number of hydrogen-bond acceptors (Lipinski definition) is 2. The number of para-hydroxylation sites is 2. The van der Waals surface area contributed by atoms with Gasteiger partial charge < -0.3 is 14.6 Å². The van der Waals surface area contributed by atoms with Gasteiger partial charge in [0.2, 0.25) is 0 Å². The van der Waals surface area contributed by atoms with Crippen LogP contribution in [-0.2, 0) is 13.1 Å². The van der Waals surface area contributed by atoms with E-state index < -0.39 is 0 Å². The molecule has 1 heterocycles. The van der Waals surface area contributed by atoms with Crippen molar-refractivity contribution >= 4 is 5.69 Å². The van der Waals surface area contributed by atoms with Crippen LogP contribution in [0.4, 0.5) is 5.69 Å². The molecule has 17 heavy (non-hydrogen) atoms. The largest absolute Gasteiger partial charge is 0.495 e. The molecule has 0 aliphatic carbocycles. The van der Waals surface area contributed by atoms with Crippen LogP contribution in [0.1, 0.15) is 12.5 Å². The van der Waals surface area contributed by atoms with Crippen LogP contribution in [0, 0.1) is 0 Å². The summed E-state index contributed by atoms with van der Waals surface area (Å²) in [5.74, 6) is 0.877. The lowest BCUT2D eigenvalue weighted by Gasteiger charge is -2.09. The van der Waals surface area contributed by atoms with Gasteiger partial charge in [0.1, 0.15) is 5.75 Å². The Morgan fingerprint density at radius 2 is 2.06 bits per heavy atom. The average Bonchev–Trinajstić information content (AvgIpc) is 2.84. The second-order valence-corrected chi connectivity index (χ2v) is 3.90. The van der Waals surface area contributed by atoms with Crippen LogP contribution in [0.2, 0.25) is 0 Å². The number of aryl methyl sites for hydroxylation is 1. The summed E-state index contributed by atoms with van der Waals surface area (Å²) in [7, 11) is 1.69. The maximum absolute atomic E-state index is 5.29. The molecule has 0 aliphatic rings. The fraction of sp³-hybridized carbons (Fsp3) is 0.286. The van der Waals surface area contributed by atoms with E-state index in [1.165, 1.54) is 5.56 Å². The van der Waals surface area contributed by atoms with Crippen LogP contribution in [0.5, 0.6) is 5.75 Å². The molecule has 2 rings (SSSR count). The Kier molecular flexibility index (Phi) is 3.70. The van der Waals surface area contributed by atoms with Crippen molar-refractivity contribution in [1.29, 1.82) is 0 Å². The van der Waals surface area contributed by atoms with Crippen molar-refractivity contribution in [3.05, 3.63) is 48.3 Å². The van der Waals surface area contributed by atoms with Gasteiger partial charge in [0.15, 0.2) is 0 Å². The maximum Gasteiger partial charge on any atom is 0.141 e. The van der Waals surface area contributed by atoms with Gasteiger partial charge in [-0.3, -0.25) is 0 Å². The highest BCUT2D eigenvalue weighted by Crippen LogP contribution is 2.23. The van der Waals surface area contributed by atoms with Gasteiger partial charge in [-0.15, -0.1) is 0 Å². The van der Waals surface area contributed by atoms with E-state index in [0.29, 0.717) is 0 Å². The number of hydrogen-bond donors (Lipinski definition) is 1. The Morgan fingerprint density at radius 1 is 1.24 bits per heavy atom. The number of benzene rings is 1. The molecule has 3 nitrogen and oxygen atoms in total. The van der Waals surface area contributed by atoms with Gasteiger partial charge in [0.05, 0.1) is 12.8 Å². The topological polar surface area (TPSA) is 26.2 Å². The minimum Gasteiger partial charge on any atom is -0.495 e. The lowest BCUT2D eigenvalue weighted by molar-refractivity contribution is 0.416. The van der Waals surface area contributed by atoms with Gasteiger partial charge in [-0.25, -0.2) is 0 Å². The number of ether oxygens (including phenoxy) is 1. The number of methoxy groups -OCH3 is 1. The molecular formula is C14H18N2O. The highest BCUT2D eigenvalue weighted by molar-refractivity contribution is 5.56. The van der Waals surface area contributed by atoms with Gasteiger partial charge in [0.25, 0.3) is 0 Å². The van der Waals surface area contributed by atoms with Crippen LogP contribution in [0.15, 0.2) is 42.7 Å². The van der Waals surface area contributed by atoms with Gasteiger partial charge >= 0.3 is 0 Å². The Hall–Kier alpha value is -1.90. The predicted molar refractivity (Wildman–Crippen MR) is 70.4 cm³/mol. The first kappa shape index (κ1) is 11.6. The van der Waals surface area contributed by atoms with E-state index in [0.717, 1.165) is 24.5 Å². The third-order valence-corrected chi connectivity index (χ3v) is 2.77. The van der Waals surface area contributed by atoms with Crippen LogP contribution in [-0.4, -0.2) is 11.7 Å². The zero-order chi connectivity index (χ0) is 12.1. The lowest BCUT2D eigenvalue weighted by Crippen LogP contribution is -2.00. The van der Waals surface area contributed by atoms with Gasteiger partial charge in [-0.1, -0.05) is 12.1 Å². The molecule has 3 heteroatoms. The number of aromatic nitrogens is 1. The van der Waals surface area contributed by atoms with E-state index in [-0.39, 0.29) is 0 Å². The summed E-state index contributed by atoms with van der Waals surface area (Å²) < 4.78 is 7.46. The quantitative estimate of drug-likeness (QED) is 0.854. The van der Waals surface area contributed by atoms with Crippen molar-refractivity contribution in [3.8, 4) is 5.75 Å². The third kappa shape index (κ3) is 2.81. The molecule has 0 atom stereocenters. The summed E-state index contributed by atoms with van der Waals surface area (Å²) in [6.45, 7) is 3.96. The Morgan fingerprint density at radius 3 is 2.76 bits per heavy atom. The maximum atomic E-state index is 5.29. The molecule has 0 saturated heterocycles. The summed E-state index contributed by atoms with van der Waals surface area (Å²) in [6, 6.07) is 10.1. The fourth-order valence-corrected chi connectivity index (χ4v) is 1.78. The number of nitrogens with one attached hydrogen (secondary N) is 1. The first-order valence-electron chi connectivity index (χ1n) is 5.85. The summed E-state index contributed by atoms with van der Waals surface area (Å²) in [4.78, 5) is 0. The van der Waals surface area contributed by atoms with Crippen LogP contribution < -0.4 is 10.1 Å². The summed E-state index contributed by atoms with van der Waals surface area (Å²) >= 11 is 0. The van der Waals surface area contributed by atoms with E-state index in [1.807, 2.05) is 24.3 Å². The van der Waals surface area contributed by atoms with E-state index in [1.54, 1.807) is 7.11 Å². The van der Waals surface area contributed by atoms with Crippen molar-refractivity contribution in [2.24, 2.45) is 0 Å². The average molecular weight is 230 g/mol. The number of nitrogens with zero attached hydrogens (tertiary/aromatic N) is 1. The van der Waals surface area contributed by atoms with E-state index in [4.69, 9.17) is 4.74 Å². The molecule has 1 aromatic heterocycles. The van der Waals surface area contributed by atoms with E-state index in [9.17, 15) is 0 Å². The molecule has 0 amide bonds. The molecule has 1 N–H and O–H groups in total. The molecule has 1 aromatic carbocycles. The molecule has 0 fully saturated rings. The minimum absolute atomic E-state index is 0.813. The molecule has 0 radical (unpaired) electrons. The van der Waals surface area contributed by atoms with Crippen molar-refractivity contribution in [1.82, 2.24) is 4.57 Å². The monoisotopic (exact) mass is 230 g/mol. The fourth-order valence-electron chi connectivity index (χ4n) is 1.78. The predicted octanol–water partition coefficient (Wildman–Crippen LogP) is 3.13. The highest BCUT2D eigenvalue weighted by Gasteiger charge is 2.01. The zero-order valence-electron chi connectivity index (χ0n) is 10.3. The molecule has 90 valence electrons. The standard InChI is InChI=1S/C14H18N2O/c1-3-16-9-8-12(11-16)10-15-13-6-4-5-7-14(13)17-2/h4-9,11,15H,3,10H2,1-2H3. The first-order valence-corrected chi connectivity index (χ1v) is 5.85. The van der Waals surface area contributed by atoms with Crippen LogP contribution in [0.3, 0.4) is 0 Å². The van der Waals surface area contributed by atoms with Gasteiger partial charge in [0, 0.05) is 25.5 Å². The Bertz CT molecular complexity index is 477. The van der Waals surface area contributed by atoms with Crippen LogP contribution in [0.25, 0.3) is 0 Å². The lowest BCUT2D eigenvalue weighted by atomic mass is 10.2. The molecule has 0 unspecified atom stereocenters. The SMILES string of the molecule is CCn1ccc(CNc2ccccc2OC)c1. The van der Waals surface area contributed by atoms with Crippen molar-refractivity contribution in [2.75, 3.05) is 12.4 Å². The van der Waals surface area contributed by atoms with Crippen LogP contribution >= 0.6 is 0 Å². The highest BCUT2D eigenvalue weighted by atomic mass is 16.5. The smallest absolute Gasteiger partial charge is 0.141 e. The minimum atomic E-state index is 0.813. The van der Waals surface area contributed by atoms with Gasteiger partial charge in [-0.2, -0.15) is 0 Å². The molecule has 0 bridgehead atoms. The molecule has 2 aromatic rings. The summed E-state index contributed by atoms with van der Waals surface area (Å²) in [5, 5.41) is 3.38. The third-order valence-electron chi connectivity index (χ3n) is 2.77. The Labute approximate surface area is 102 Å². The molecule has 0 saturated carbocycles. The normalized spacial score (nSPS) is 10.2. The molecule has 0 spiro atoms.